The first-order valence-corrected chi connectivity index (χ1v) is 9.66. The molecule has 28 heavy (non-hydrogen) atoms. The summed E-state index contributed by atoms with van der Waals surface area (Å²) < 4.78 is 0. The highest BCUT2D eigenvalue weighted by Crippen LogP contribution is 2.20. The number of hydrogen-bond donors (Lipinski definition) is 4. The van der Waals surface area contributed by atoms with E-state index in [1.54, 1.807) is 11.8 Å². The quantitative estimate of drug-likeness (QED) is 0.532. The Labute approximate surface area is 166 Å². The summed E-state index contributed by atoms with van der Waals surface area (Å²) in [5.74, 6) is -0.267. The smallest absolute Gasteiger partial charge is 0.243 e. The van der Waals surface area contributed by atoms with Crippen molar-refractivity contribution < 1.29 is 9.59 Å². The molecule has 1 aromatic rings. The number of likely N-dealkylation sites (tertiary alicyclic amines) is 1. The molecule has 1 saturated heterocycles. The number of carbonyl (C=O) groups is 2. The number of nitrogens with zero attached hydrogens (tertiary/aromatic N) is 1. The zero-order chi connectivity index (χ0) is 20.8. The molecule has 0 saturated carbocycles. The van der Waals surface area contributed by atoms with Gasteiger partial charge in [0.25, 0.3) is 0 Å². The molecule has 2 amide bonds. The number of benzene rings is 1. The molecule has 0 bridgehead atoms. The molecule has 6 N–H and O–H groups in total. The van der Waals surface area contributed by atoms with E-state index in [2.05, 4.69) is 5.32 Å². The Bertz CT molecular complexity index is 751. The molecule has 2 rings (SSSR count). The third kappa shape index (κ3) is 4.98. The minimum atomic E-state index is -0.581. The number of nitrogens with one attached hydrogen (secondary N) is 2. The first-order chi connectivity index (χ1) is 13.3. The number of nitrogens with two attached hydrogens (primary N) is 2. The van der Waals surface area contributed by atoms with Crippen LogP contribution in [0, 0.1) is 11.3 Å². The summed E-state index contributed by atoms with van der Waals surface area (Å²) in [5.41, 5.74) is 14.8. The van der Waals surface area contributed by atoms with E-state index in [1.165, 1.54) is 6.21 Å². The fourth-order valence-corrected chi connectivity index (χ4v) is 3.31. The SMILES string of the molecule is C/C(N)=C(/C=N)c1ccc(CNC(=O)C2CCCN2C(=O)C(N)C(C)C)cc1. The van der Waals surface area contributed by atoms with Crippen LogP contribution in [0.4, 0.5) is 0 Å². The average molecular weight is 386 g/mol. The Morgan fingerprint density at radius 3 is 2.50 bits per heavy atom. The van der Waals surface area contributed by atoms with Crippen LogP contribution in [-0.2, 0) is 16.1 Å². The van der Waals surface area contributed by atoms with Gasteiger partial charge in [0.15, 0.2) is 0 Å². The lowest BCUT2D eigenvalue weighted by Gasteiger charge is -2.28. The van der Waals surface area contributed by atoms with Crippen molar-refractivity contribution in [2.75, 3.05) is 6.54 Å². The standard InChI is InChI=1S/C21H31N5O2/c1-13(2)19(24)21(28)26-10-4-5-18(26)20(27)25-12-15-6-8-16(9-7-15)17(11-22)14(3)23/h6-9,11,13,18-19,22H,4-5,10,12,23-24H2,1-3H3,(H,25,27)/b17-14+,22-11?. The Balaban J connectivity index is 1.99. The van der Waals surface area contributed by atoms with Crippen molar-refractivity contribution in [3.63, 3.8) is 0 Å². The topological polar surface area (TPSA) is 125 Å². The predicted molar refractivity (Wildman–Crippen MR) is 111 cm³/mol. The van der Waals surface area contributed by atoms with Crippen LogP contribution in [0.15, 0.2) is 30.0 Å². The molecular formula is C21H31N5O2. The second-order valence-corrected chi connectivity index (χ2v) is 7.62. The first-order valence-electron chi connectivity index (χ1n) is 9.66. The maximum absolute atomic E-state index is 12.6. The summed E-state index contributed by atoms with van der Waals surface area (Å²) in [6.45, 7) is 6.52. The summed E-state index contributed by atoms with van der Waals surface area (Å²) in [7, 11) is 0. The van der Waals surface area contributed by atoms with Gasteiger partial charge < -0.3 is 27.1 Å². The van der Waals surface area contributed by atoms with E-state index in [0.717, 1.165) is 17.5 Å². The lowest BCUT2D eigenvalue weighted by molar-refractivity contribution is -0.140. The summed E-state index contributed by atoms with van der Waals surface area (Å²) in [6, 6.07) is 6.52. The lowest BCUT2D eigenvalue weighted by atomic mass is 10.0. The van der Waals surface area contributed by atoms with E-state index >= 15 is 0 Å². The van der Waals surface area contributed by atoms with Gasteiger partial charge in [-0.25, -0.2) is 0 Å². The van der Waals surface area contributed by atoms with Crippen LogP contribution >= 0.6 is 0 Å². The monoisotopic (exact) mass is 385 g/mol. The van der Waals surface area contributed by atoms with Crippen molar-refractivity contribution in [3.8, 4) is 0 Å². The Kier molecular flexibility index (Phi) is 7.34. The molecule has 0 aromatic heterocycles. The molecular weight excluding hydrogens is 354 g/mol. The maximum Gasteiger partial charge on any atom is 0.243 e. The largest absolute Gasteiger partial charge is 0.402 e. The number of rotatable bonds is 7. The Hall–Kier alpha value is -2.67. The van der Waals surface area contributed by atoms with Crippen molar-refractivity contribution in [3.05, 3.63) is 41.1 Å². The normalized spacial score (nSPS) is 18.6. The lowest BCUT2D eigenvalue weighted by Crippen LogP contribution is -2.52. The number of hydrogen-bond acceptors (Lipinski definition) is 5. The van der Waals surface area contributed by atoms with E-state index in [4.69, 9.17) is 16.9 Å². The highest BCUT2D eigenvalue weighted by atomic mass is 16.2. The van der Waals surface area contributed by atoms with Crippen LogP contribution in [0.1, 0.15) is 44.7 Å². The average Bonchev–Trinajstić information content (AvgIpc) is 3.16. The summed E-state index contributed by atoms with van der Waals surface area (Å²) in [4.78, 5) is 26.8. The minimum absolute atomic E-state index is 0.0346. The van der Waals surface area contributed by atoms with Gasteiger partial charge in [-0.3, -0.25) is 9.59 Å². The molecule has 1 aliphatic rings. The fourth-order valence-electron chi connectivity index (χ4n) is 3.31. The molecule has 1 aliphatic heterocycles. The Morgan fingerprint density at radius 1 is 1.32 bits per heavy atom. The predicted octanol–water partition coefficient (Wildman–Crippen LogP) is 1.62. The molecule has 2 atom stereocenters. The molecule has 0 radical (unpaired) electrons. The highest BCUT2D eigenvalue weighted by Gasteiger charge is 2.36. The van der Waals surface area contributed by atoms with Gasteiger partial charge in [-0.05, 0) is 36.8 Å². The molecule has 152 valence electrons. The van der Waals surface area contributed by atoms with Crippen molar-refractivity contribution in [2.45, 2.75) is 52.2 Å². The minimum Gasteiger partial charge on any atom is -0.402 e. The van der Waals surface area contributed by atoms with Crippen LogP contribution in [-0.4, -0.2) is 41.6 Å². The summed E-state index contributed by atoms with van der Waals surface area (Å²) in [6.07, 6.45) is 2.70. The Morgan fingerprint density at radius 2 is 1.96 bits per heavy atom. The molecule has 0 aliphatic carbocycles. The van der Waals surface area contributed by atoms with Gasteiger partial charge in [-0.15, -0.1) is 0 Å². The number of allylic oxidation sites excluding steroid dienone is 2. The van der Waals surface area contributed by atoms with Gasteiger partial charge in [0.2, 0.25) is 11.8 Å². The highest BCUT2D eigenvalue weighted by molar-refractivity contribution is 6.09. The van der Waals surface area contributed by atoms with Crippen LogP contribution in [0.25, 0.3) is 5.57 Å². The van der Waals surface area contributed by atoms with Crippen LogP contribution in [0.2, 0.25) is 0 Å². The molecule has 2 unspecified atom stereocenters. The van der Waals surface area contributed by atoms with Crippen molar-refractivity contribution in [1.82, 2.24) is 10.2 Å². The molecule has 1 heterocycles. The fraction of sp³-hybridized carbons (Fsp3) is 0.476. The summed E-state index contributed by atoms with van der Waals surface area (Å²) in [5, 5.41) is 10.4. The van der Waals surface area contributed by atoms with Crippen molar-refractivity contribution >= 4 is 23.6 Å². The molecule has 1 aromatic carbocycles. The molecule has 7 nitrogen and oxygen atoms in total. The van der Waals surface area contributed by atoms with E-state index in [0.29, 0.717) is 30.8 Å². The van der Waals surface area contributed by atoms with Gasteiger partial charge >= 0.3 is 0 Å². The van der Waals surface area contributed by atoms with E-state index < -0.39 is 12.1 Å². The zero-order valence-corrected chi connectivity index (χ0v) is 16.9. The van der Waals surface area contributed by atoms with Gasteiger partial charge in [0, 0.05) is 30.6 Å². The van der Waals surface area contributed by atoms with Gasteiger partial charge in [0.05, 0.1) is 6.04 Å². The second-order valence-electron chi connectivity index (χ2n) is 7.62. The third-order valence-corrected chi connectivity index (χ3v) is 5.14. The number of carbonyl (C=O) groups excluding carboxylic acids is 2. The zero-order valence-electron chi connectivity index (χ0n) is 16.9. The third-order valence-electron chi connectivity index (χ3n) is 5.14. The van der Waals surface area contributed by atoms with Gasteiger partial charge in [0.1, 0.15) is 6.04 Å². The molecule has 7 heteroatoms. The van der Waals surface area contributed by atoms with Crippen LogP contribution in [0.3, 0.4) is 0 Å². The van der Waals surface area contributed by atoms with E-state index in [1.807, 2.05) is 38.1 Å². The van der Waals surface area contributed by atoms with Crippen LogP contribution < -0.4 is 16.8 Å². The molecule has 0 spiro atoms. The van der Waals surface area contributed by atoms with Crippen molar-refractivity contribution in [2.24, 2.45) is 17.4 Å². The number of amides is 2. The van der Waals surface area contributed by atoms with E-state index in [-0.39, 0.29) is 17.7 Å². The van der Waals surface area contributed by atoms with Gasteiger partial charge in [-0.1, -0.05) is 38.1 Å². The first kappa shape index (κ1) is 21.6. The second kappa shape index (κ2) is 9.50. The maximum atomic E-state index is 12.6. The van der Waals surface area contributed by atoms with E-state index in [9.17, 15) is 9.59 Å². The summed E-state index contributed by atoms with van der Waals surface area (Å²) >= 11 is 0. The van der Waals surface area contributed by atoms with Gasteiger partial charge in [-0.2, -0.15) is 0 Å². The van der Waals surface area contributed by atoms with Crippen LogP contribution in [0.5, 0.6) is 0 Å². The van der Waals surface area contributed by atoms with Crippen molar-refractivity contribution in [1.29, 1.82) is 5.41 Å². The molecule has 1 fully saturated rings.